The number of hydrogen-bond acceptors (Lipinski definition) is 1. The predicted octanol–water partition coefficient (Wildman–Crippen LogP) is 4.47. The summed E-state index contributed by atoms with van der Waals surface area (Å²) >= 11 is 9.17. The number of hydrogen-bond donors (Lipinski definition) is 0. The van der Waals surface area contributed by atoms with Crippen LogP contribution in [0.4, 0.5) is 4.39 Å². The zero-order valence-corrected chi connectivity index (χ0v) is 10.4. The van der Waals surface area contributed by atoms with Crippen LogP contribution < -0.4 is 0 Å². The highest BCUT2D eigenvalue weighted by atomic mass is 79.9. The van der Waals surface area contributed by atoms with Gasteiger partial charge in [-0.1, -0.05) is 34.5 Å². The lowest BCUT2D eigenvalue weighted by Crippen LogP contribution is -1.89. The highest BCUT2D eigenvalue weighted by molar-refractivity contribution is 9.10. The fourth-order valence-corrected chi connectivity index (χ4v) is 1.79. The molecule has 1 nitrogen and oxygen atoms in total. The van der Waals surface area contributed by atoms with Crippen molar-refractivity contribution in [1.29, 1.82) is 5.26 Å². The van der Waals surface area contributed by atoms with E-state index >= 15 is 0 Å². The smallest absolute Gasteiger partial charge is 0.132 e. The lowest BCUT2D eigenvalue weighted by Gasteiger charge is -2.04. The fourth-order valence-electron chi connectivity index (χ4n) is 1.11. The summed E-state index contributed by atoms with van der Waals surface area (Å²) in [6.07, 6.45) is 0.487. The maximum absolute atomic E-state index is 13.4. The summed E-state index contributed by atoms with van der Waals surface area (Å²) < 4.78 is 14.1. The van der Waals surface area contributed by atoms with Crippen LogP contribution in [0.25, 0.3) is 5.03 Å². The van der Waals surface area contributed by atoms with Gasteiger partial charge in [0.25, 0.3) is 0 Å². The van der Waals surface area contributed by atoms with E-state index in [2.05, 4.69) is 15.9 Å². The van der Waals surface area contributed by atoms with E-state index in [1.165, 1.54) is 6.07 Å². The molecule has 0 aliphatic rings. The summed E-state index contributed by atoms with van der Waals surface area (Å²) in [7, 11) is 0. The Morgan fingerprint density at radius 2 is 2.27 bits per heavy atom. The third kappa shape index (κ3) is 2.80. The Kier molecular flexibility index (Phi) is 4.31. The van der Waals surface area contributed by atoms with Gasteiger partial charge >= 0.3 is 0 Å². The van der Waals surface area contributed by atoms with Crippen LogP contribution >= 0.6 is 27.5 Å². The second-order valence-electron chi connectivity index (χ2n) is 2.88. The van der Waals surface area contributed by atoms with Crippen molar-refractivity contribution in [2.75, 3.05) is 0 Å². The molecule has 0 aromatic heterocycles. The molecular formula is C11H8BrClFN. The first-order valence-electron chi connectivity index (χ1n) is 4.34. The molecule has 0 fully saturated rings. The van der Waals surface area contributed by atoms with Crippen LogP contribution in [-0.2, 0) is 0 Å². The van der Waals surface area contributed by atoms with Crippen LogP contribution in [0.3, 0.4) is 0 Å². The molecule has 0 heterocycles. The molecular weight excluding hydrogens is 280 g/mol. The van der Waals surface area contributed by atoms with Crippen molar-refractivity contribution in [3.63, 3.8) is 0 Å². The first kappa shape index (κ1) is 12.2. The van der Waals surface area contributed by atoms with Gasteiger partial charge in [0.05, 0.1) is 11.1 Å². The molecule has 1 aromatic carbocycles. The van der Waals surface area contributed by atoms with Gasteiger partial charge in [0.15, 0.2) is 0 Å². The maximum atomic E-state index is 13.4. The molecule has 0 saturated carbocycles. The molecule has 1 rings (SSSR count). The standard InChI is InChI=1S/C11H8BrClFN/c1-2-7(6-15)11(13)9-5-8(12)3-4-10(9)14/h3-5H,2H2,1H3/b11-7-. The monoisotopic (exact) mass is 287 g/mol. The van der Waals surface area contributed by atoms with Crippen molar-refractivity contribution in [2.45, 2.75) is 13.3 Å². The van der Waals surface area contributed by atoms with E-state index in [4.69, 9.17) is 16.9 Å². The minimum atomic E-state index is -0.426. The zero-order valence-electron chi connectivity index (χ0n) is 8.02. The third-order valence-corrected chi connectivity index (χ3v) is 2.84. The van der Waals surface area contributed by atoms with Crippen LogP contribution in [0.1, 0.15) is 18.9 Å². The predicted molar refractivity (Wildman–Crippen MR) is 62.8 cm³/mol. The molecule has 1 aromatic rings. The maximum Gasteiger partial charge on any atom is 0.132 e. The van der Waals surface area contributed by atoms with Crippen molar-refractivity contribution < 1.29 is 4.39 Å². The Labute approximate surface area is 101 Å². The average Bonchev–Trinajstić information content (AvgIpc) is 2.23. The van der Waals surface area contributed by atoms with Crippen molar-refractivity contribution in [3.8, 4) is 6.07 Å². The van der Waals surface area contributed by atoms with Crippen molar-refractivity contribution in [3.05, 3.63) is 39.6 Å². The molecule has 4 heteroatoms. The van der Waals surface area contributed by atoms with Gasteiger partial charge in [-0.3, -0.25) is 0 Å². The number of nitrogens with zero attached hydrogens (tertiary/aromatic N) is 1. The van der Waals surface area contributed by atoms with E-state index in [1.807, 2.05) is 6.07 Å². The Hall–Kier alpha value is -0.850. The van der Waals surface area contributed by atoms with Gasteiger partial charge < -0.3 is 0 Å². The second kappa shape index (κ2) is 5.29. The number of nitriles is 1. The topological polar surface area (TPSA) is 23.8 Å². The van der Waals surface area contributed by atoms with Gasteiger partial charge in [-0.05, 0) is 24.6 Å². The van der Waals surface area contributed by atoms with Crippen molar-refractivity contribution in [1.82, 2.24) is 0 Å². The van der Waals surface area contributed by atoms with Gasteiger partial charge in [0.2, 0.25) is 0 Å². The summed E-state index contributed by atoms with van der Waals surface area (Å²) in [5.74, 6) is -0.426. The molecule has 0 N–H and O–H groups in total. The van der Waals surface area contributed by atoms with Gasteiger partial charge in [-0.15, -0.1) is 0 Å². The van der Waals surface area contributed by atoms with E-state index in [0.717, 1.165) is 4.47 Å². The van der Waals surface area contributed by atoms with Crippen LogP contribution in [0.5, 0.6) is 0 Å². The van der Waals surface area contributed by atoms with Crippen LogP contribution in [0, 0.1) is 17.1 Å². The van der Waals surface area contributed by atoms with E-state index < -0.39 is 5.82 Å². The van der Waals surface area contributed by atoms with Gasteiger partial charge in [-0.2, -0.15) is 5.26 Å². The van der Waals surface area contributed by atoms with Crippen LogP contribution in [0.2, 0.25) is 0 Å². The second-order valence-corrected chi connectivity index (χ2v) is 4.18. The first-order chi connectivity index (χ1) is 7.10. The molecule has 15 heavy (non-hydrogen) atoms. The Morgan fingerprint density at radius 3 is 2.80 bits per heavy atom. The molecule has 0 aliphatic carbocycles. The lowest BCUT2D eigenvalue weighted by molar-refractivity contribution is 0.624. The van der Waals surface area contributed by atoms with E-state index in [0.29, 0.717) is 12.0 Å². The van der Waals surface area contributed by atoms with Crippen LogP contribution in [0.15, 0.2) is 28.2 Å². The van der Waals surface area contributed by atoms with E-state index in [-0.39, 0.29) is 10.6 Å². The quantitative estimate of drug-likeness (QED) is 0.737. The Balaban J connectivity index is 3.34. The van der Waals surface area contributed by atoms with E-state index in [1.54, 1.807) is 19.1 Å². The molecule has 0 atom stereocenters. The number of halogens is 3. The Morgan fingerprint density at radius 1 is 1.60 bits per heavy atom. The summed E-state index contributed by atoms with van der Waals surface area (Å²) in [5, 5.41) is 8.97. The molecule has 0 spiro atoms. The summed E-state index contributed by atoms with van der Waals surface area (Å²) in [5.41, 5.74) is 0.637. The zero-order chi connectivity index (χ0) is 11.4. The number of allylic oxidation sites excluding steroid dienone is 1. The molecule has 0 amide bonds. The summed E-state index contributed by atoms with van der Waals surface area (Å²) in [4.78, 5) is 0. The fraction of sp³-hybridized carbons (Fsp3) is 0.182. The van der Waals surface area contributed by atoms with Gasteiger partial charge in [0.1, 0.15) is 5.82 Å². The number of benzene rings is 1. The molecule has 0 unspecified atom stereocenters. The minimum Gasteiger partial charge on any atom is -0.206 e. The average molecular weight is 289 g/mol. The summed E-state index contributed by atoms with van der Waals surface area (Å²) in [6.45, 7) is 1.80. The third-order valence-electron chi connectivity index (χ3n) is 1.92. The number of rotatable bonds is 2. The SMILES string of the molecule is CC/C(C#N)=C(/Cl)c1cc(Br)ccc1F. The Bertz CT molecular complexity index is 448. The minimum absolute atomic E-state index is 0.179. The van der Waals surface area contributed by atoms with Crippen LogP contribution in [-0.4, -0.2) is 0 Å². The first-order valence-corrected chi connectivity index (χ1v) is 5.51. The molecule has 0 bridgehead atoms. The largest absolute Gasteiger partial charge is 0.206 e. The van der Waals surface area contributed by atoms with Gasteiger partial charge in [-0.25, -0.2) is 4.39 Å². The van der Waals surface area contributed by atoms with Crippen molar-refractivity contribution >= 4 is 32.6 Å². The highest BCUT2D eigenvalue weighted by Gasteiger charge is 2.10. The summed E-state index contributed by atoms with van der Waals surface area (Å²) in [6, 6.07) is 6.42. The lowest BCUT2D eigenvalue weighted by atomic mass is 10.1. The van der Waals surface area contributed by atoms with Crippen molar-refractivity contribution in [2.24, 2.45) is 0 Å². The van der Waals surface area contributed by atoms with Gasteiger partial charge in [0, 0.05) is 15.6 Å². The molecule has 78 valence electrons. The van der Waals surface area contributed by atoms with E-state index in [9.17, 15) is 4.39 Å². The normalized spacial score (nSPS) is 11.9. The molecule has 0 saturated heterocycles. The molecule has 0 radical (unpaired) electrons. The highest BCUT2D eigenvalue weighted by Crippen LogP contribution is 2.29. The molecule has 0 aliphatic heterocycles.